The van der Waals surface area contributed by atoms with E-state index in [4.69, 9.17) is 4.74 Å². The van der Waals surface area contributed by atoms with Crippen molar-refractivity contribution >= 4 is 0 Å². The first kappa shape index (κ1) is 15.1. The quantitative estimate of drug-likeness (QED) is 0.892. The summed E-state index contributed by atoms with van der Waals surface area (Å²) in [5, 5.41) is 11.4. The number of hydrogen-bond acceptors (Lipinski definition) is 2. The van der Waals surface area contributed by atoms with Crippen molar-refractivity contribution in [1.82, 2.24) is 0 Å². The molecule has 1 saturated carbocycles. The Morgan fingerprint density at radius 3 is 2.57 bits per heavy atom. The number of hydrogen-bond donors (Lipinski definition) is 1. The maximum Gasteiger partial charge on any atom is 0.0923 e. The van der Waals surface area contributed by atoms with Gasteiger partial charge in [0.05, 0.1) is 11.2 Å². The van der Waals surface area contributed by atoms with Crippen LogP contribution in [-0.2, 0) is 10.3 Å². The van der Waals surface area contributed by atoms with E-state index >= 15 is 0 Å². The van der Waals surface area contributed by atoms with Gasteiger partial charge < -0.3 is 9.84 Å². The van der Waals surface area contributed by atoms with Crippen LogP contribution in [0.3, 0.4) is 0 Å². The molecule has 2 atom stereocenters. The summed E-state index contributed by atoms with van der Waals surface area (Å²) in [6.07, 6.45) is 9.03. The number of aliphatic hydroxyl groups is 1. The highest BCUT2D eigenvalue weighted by Gasteiger charge is 2.46. The van der Waals surface area contributed by atoms with Gasteiger partial charge in [-0.1, -0.05) is 56.5 Å². The van der Waals surface area contributed by atoms with E-state index in [-0.39, 0.29) is 5.60 Å². The van der Waals surface area contributed by atoms with Crippen LogP contribution in [0.15, 0.2) is 30.3 Å². The van der Waals surface area contributed by atoms with E-state index in [1.807, 2.05) is 18.2 Å². The third kappa shape index (κ3) is 2.89. The molecule has 0 amide bonds. The molecule has 0 bridgehead atoms. The molecule has 2 aliphatic rings. The number of benzene rings is 1. The van der Waals surface area contributed by atoms with E-state index < -0.39 is 5.60 Å². The second-order valence-corrected chi connectivity index (χ2v) is 6.93. The summed E-state index contributed by atoms with van der Waals surface area (Å²) in [6.45, 7) is 2.91. The summed E-state index contributed by atoms with van der Waals surface area (Å²) in [5.41, 5.74) is 0.430. The molecule has 116 valence electrons. The molecule has 1 N–H and O–H groups in total. The highest BCUT2D eigenvalue weighted by atomic mass is 16.5. The van der Waals surface area contributed by atoms with Gasteiger partial charge in [-0.25, -0.2) is 0 Å². The van der Waals surface area contributed by atoms with Gasteiger partial charge in [-0.15, -0.1) is 0 Å². The van der Waals surface area contributed by atoms with Crippen LogP contribution in [0.2, 0.25) is 0 Å². The lowest BCUT2D eigenvalue weighted by atomic mass is 9.68. The van der Waals surface area contributed by atoms with Crippen LogP contribution in [0.4, 0.5) is 0 Å². The Labute approximate surface area is 128 Å². The van der Waals surface area contributed by atoms with Crippen LogP contribution >= 0.6 is 0 Å². The molecule has 1 aliphatic carbocycles. The molecule has 2 heteroatoms. The minimum atomic E-state index is -0.699. The van der Waals surface area contributed by atoms with Gasteiger partial charge in [0, 0.05) is 6.61 Å². The van der Waals surface area contributed by atoms with Gasteiger partial charge in [0.2, 0.25) is 0 Å². The molecule has 0 radical (unpaired) electrons. The Bertz CT molecular complexity index is 444. The van der Waals surface area contributed by atoms with Crippen molar-refractivity contribution in [2.45, 2.75) is 69.5 Å². The monoisotopic (exact) mass is 288 g/mol. The van der Waals surface area contributed by atoms with Gasteiger partial charge in [0.1, 0.15) is 0 Å². The van der Waals surface area contributed by atoms with Crippen LogP contribution in [-0.4, -0.2) is 17.3 Å². The Hall–Kier alpha value is -0.860. The zero-order valence-corrected chi connectivity index (χ0v) is 13.2. The van der Waals surface area contributed by atoms with Gasteiger partial charge >= 0.3 is 0 Å². The summed E-state index contributed by atoms with van der Waals surface area (Å²) in [7, 11) is 0. The Kier molecular flexibility index (Phi) is 4.37. The Balaban J connectivity index is 1.83. The van der Waals surface area contributed by atoms with Crippen LogP contribution in [0, 0.1) is 5.92 Å². The van der Waals surface area contributed by atoms with E-state index in [0.717, 1.165) is 31.4 Å². The molecule has 2 nitrogen and oxygen atoms in total. The third-order valence-corrected chi connectivity index (χ3v) is 5.75. The van der Waals surface area contributed by atoms with Gasteiger partial charge in [0.15, 0.2) is 0 Å². The van der Waals surface area contributed by atoms with Gasteiger partial charge in [0.25, 0.3) is 0 Å². The zero-order chi connectivity index (χ0) is 14.8. The smallest absolute Gasteiger partial charge is 0.0923 e. The first-order valence-electron chi connectivity index (χ1n) is 8.60. The number of ether oxygens (including phenoxy) is 1. The molecule has 1 aliphatic heterocycles. The van der Waals surface area contributed by atoms with Crippen LogP contribution in [0.25, 0.3) is 0 Å². The molecule has 1 spiro atoms. The number of rotatable bonds is 3. The van der Waals surface area contributed by atoms with Crippen molar-refractivity contribution in [3.05, 3.63) is 35.9 Å². The standard InChI is InChI=1S/C19H28O2/c1-2-19(20,16-9-5-3-6-10-16)17-11-14-21-18(15-17)12-7-4-8-13-18/h3,5-6,9-10,17,20H,2,4,7-8,11-15H2,1H3. The van der Waals surface area contributed by atoms with Crippen LogP contribution < -0.4 is 0 Å². The summed E-state index contributed by atoms with van der Waals surface area (Å²) in [6, 6.07) is 10.2. The van der Waals surface area contributed by atoms with Gasteiger partial charge in [-0.3, -0.25) is 0 Å². The summed E-state index contributed by atoms with van der Waals surface area (Å²) in [4.78, 5) is 0. The maximum atomic E-state index is 11.4. The molecule has 2 fully saturated rings. The fraction of sp³-hybridized carbons (Fsp3) is 0.684. The zero-order valence-electron chi connectivity index (χ0n) is 13.2. The lowest BCUT2D eigenvalue weighted by Crippen LogP contribution is -2.48. The first-order valence-corrected chi connectivity index (χ1v) is 8.60. The second-order valence-electron chi connectivity index (χ2n) is 6.93. The molecular formula is C19H28O2. The highest BCUT2D eigenvalue weighted by molar-refractivity contribution is 5.23. The molecule has 1 aromatic carbocycles. The van der Waals surface area contributed by atoms with E-state index in [0.29, 0.717) is 5.92 Å². The van der Waals surface area contributed by atoms with E-state index in [2.05, 4.69) is 19.1 Å². The fourth-order valence-electron chi connectivity index (χ4n) is 4.44. The van der Waals surface area contributed by atoms with Crippen LogP contribution in [0.1, 0.15) is 63.9 Å². The largest absolute Gasteiger partial charge is 0.385 e. The lowest BCUT2D eigenvalue weighted by molar-refractivity contribution is -0.159. The molecule has 1 heterocycles. The Morgan fingerprint density at radius 1 is 1.19 bits per heavy atom. The van der Waals surface area contributed by atoms with Gasteiger partial charge in [-0.05, 0) is 43.6 Å². The average Bonchev–Trinajstić information content (AvgIpc) is 2.56. The molecule has 1 aromatic rings. The van der Waals surface area contributed by atoms with Crippen molar-refractivity contribution in [2.24, 2.45) is 5.92 Å². The molecule has 2 unspecified atom stereocenters. The Morgan fingerprint density at radius 2 is 1.90 bits per heavy atom. The molecule has 21 heavy (non-hydrogen) atoms. The first-order chi connectivity index (χ1) is 10.2. The van der Waals surface area contributed by atoms with E-state index in [1.54, 1.807) is 0 Å². The third-order valence-electron chi connectivity index (χ3n) is 5.75. The summed E-state index contributed by atoms with van der Waals surface area (Å²) >= 11 is 0. The van der Waals surface area contributed by atoms with Crippen LogP contribution in [0.5, 0.6) is 0 Å². The van der Waals surface area contributed by atoms with E-state index in [1.165, 1.54) is 32.1 Å². The van der Waals surface area contributed by atoms with Gasteiger partial charge in [-0.2, -0.15) is 0 Å². The molecule has 3 rings (SSSR count). The highest BCUT2D eigenvalue weighted by Crippen LogP contribution is 2.47. The van der Waals surface area contributed by atoms with Crippen molar-refractivity contribution in [3.8, 4) is 0 Å². The van der Waals surface area contributed by atoms with Crippen molar-refractivity contribution in [1.29, 1.82) is 0 Å². The normalized spacial score (nSPS) is 28.2. The SMILES string of the molecule is CCC(O)(c1ccccc1)C1CCOC2(CCCCC2)C1. The predicted molar refractivity (Wildman–Crippen MR) is 85.1 cm³/mol. The van der Waals surface area contributed by atoms with E-state index in [9.17, 15) is 5.11 Å². The van der Waals surface area contributed by atoms with Crippen molar-refractivity contribution in [2.75, 3.05) is 6.61 Å². The molecule has 0 aromatic heterocycles. The van der Waals surface area contributed by atoms with Crippen molar-refractivity contribution < 1.29 is 9.84 Å². The summed E-state index contributed by atoms with van der Waals surface area (Å²) in [5.74, 6) is 0.316. The molecule has 1 saturated heterocycles. The topological polar surface area (TPSA) is 29.5 Å². The fourth-order valence-corrected chi connectivity index (χ4v) is 4.44. The average molecular weight is 288 g/mol. The predicted octanol–water partition coefficient (Wildman–Crippen LogP) is 4.41. The summed E-state index contributed by atoms with van der Waals surface area (Å²) < 4.78 is 6.20. The van der Waals surface area contributed by atoms with Crippen molar-refractivity contribution in [3.63, 3.8) is 0 Å². The maximum absolute atomic E-state index is 11.4. The lowest BCUT2D eigenvalue weighted by Gasteiger charge is -2.48. The minimum absolute atomic E-state index is 0.0547. The second kappa shape index (κ2) is 6.10. The molecular weight excluding hydrogens is 260 g/mol. The minimum Gasteiger partial charge on any atom is -0.385 e.